The van der Waals surface area contributed by atoms with E-state index in [0.29, 0.717) is 6.42 Å². The number of benzene rings is 2. The van der Waals surface area contributed by atoms with E-state index in [9.17, 15) is 4.39 Å². The second-order valence-electron chi connectivity index (χ2n) is 8.01. The lowest BCUT2D eigenvalue weighted by Gasteiger charge is -2.17. The Morgan fingerprint density at radius 3 is 2.57 bits per heavy atom. The summed E-state index contributed by atoms with van der Waals surface area (Å²) in [7, 11) is 0. The Bertz CT molecular complexity index is 1160. The largest absolute Gasteiger partial charge is 0.340 e. The number of rotatable bonds is 6. The van der Waals surface area contributed by atoms with Gasteiger partial charge in [0.1, 0.15) is 10.6 Å². The Morgan fingerprint density at radius 1 is 0.900 bits per heavy atom. The molecule has 2 aromatic heterocycles. The van der Waals surface area contributed by atoms with Gasteiger partial charge in [0.05, 0.1) is 6.67 Å². The fraction of sp³-hybridized carbons (Fsp3) is 0.269. The van der Waals surface area contributed by atoms with E-state index in [4.69, 9.17) is 4.98 Å². The molecule has 0 bridgehead atoms. The molecule has 1 N–H and O–H groups in total. The van der Waals surface area contributed by atoms with Crippen molar-refractivity contribution in [3.05, 3.63) is 77.4 Å². The zero-order chi connectivity index (χ0) is 20.3. The highest BCUT2D eigenvalue weighted by atomic mass is 32.1. The zero-order valence-corrected chi connectivity index (χ0v) is 17.8. The van der Waals surface area contributed by atoms with Crippen LogP contribution in [-0.2, 0) is 19.3 Å². The van der Waals surface area contributed by atoms with E-state index in [-0.39, 0.29) is 6.67 Å². The Kier molecular flexibility index (Phi) is 5.50. The second kappa shape index (κ2) is 8.57. The lowest BCUT2D eigenvalue weighted by molar-refractivity contribution is 0.473. The van der Waals surface area contributed by atoms with Gasteiger partial charge in [0, 0.05) is 16.0 Å². The number of nitrogens with one attached hydrogen (secondary N) is 1. The van der Waals surface area contributed by atoms with Gasteiger partial charge in [-0.3, -0.25) is 4.39 Å². The molecule has 0 atom stereocenters. The van der Waals surface area contributed by atoms with Crippen LogP contribution in [0.5, 0.6) is 0 Å². The van der Waals surface area contributed by atoms with Crippen LogP contribution >= 0.6 is 11.3 Å². The fourth-order valence-corrected chi connectivity index (χ4v) is 5.23. The molecule has 2 heterocycles. The van der Waals surface area contributed by atoms with Gasteiger partial charge >= 0.3 is 0 Å². The average Bonchev–Trinajstić information content (AvgIpc) is 3.21. The molecule has 30 heavy (non-hydrogen) atoms. The minimum Gasteiger partial charge on any atom is -0.340 e. The van der Waals surface area contributed by atoms with E-state index in [1.54, 1.807) is 11.3 Å². The van der Waals surface area contributed by atoms with E-state index < -0.39 is 0 Å². The molecule has 1 aliphatic rings. The number of pyridine rings is 1. The third-order valence-corrected chi connectivity index (χ3v) is 6.94. The smallest absolute Gasteiger partial charge is 0.132 e. The predicted molar refractivity (Wildman–Crippen MR) is 126 cm³/mol. The topological polar surface area (TPSA) is 24.9 Å². The van der Waals surface area contributed by atoms with Gasteiger partial charge in [-0.1, -0.05) is 30.3 Å². The summed E-state index contributed by atoms with van der Waals surface area (Å²) in [6.45, 7) is -0.258. The molecule has 2 aromatic carbocycles. The molecule has 2 nitrogen and oxygen atoms in total. The number of alkyl halides is 1. The standard InChI is InChI=1S/C26H25FN2S/c27-15-3-4-18-7-9-20(10-8-18)24-17-22-12-14-25(29-26(22)30-24)28-23-13-11-19-5-1-2-6-21(19)16-23/h7-14,16-17H,1-6,15H2,(H,28,29). The van der Waals surface area contributed by atoms with Gasteiger partial charge in [0.15, 0.2) is 0 Å². The van der Waals surface area contributed by atoms with Crippen LogP contribution in [0.25, 0.3) is 20.7 Å². The molecule has 0 radical (unpaired) electrons. The molecular weight excluding hydrogens is 391 g/mol. The summed E-state index contributed by atoms with van der Waals surface area (Å²) < 4.78 is 12.4. The number of thiophene rings is 1. The second-order valence-corrected chi connectivity index (χ2v) is 9.04. The van der Waals surface area contributed by atoms with Crippen LogP contribution in [0.3, 0.4) is 0 Å². The number of aryl methyl sites for hydroxylation is 3. The van der Waals surface area contributed by atoms with E-state index in [1.165, 1.54) is 52.8 Å². The number of anilines is 2. The van der Waals surface area contributed by atoms with Gasteiger partial charge in [-0.2, -0.15) is 0 Å². The summed E-state index contributed by atoms with van der Waals surface area (Å²) in [6, 6.07) is 21.6. The number of aromatic nitrogens is 1. The van der Waals surface area contributed by atoms with Gasteiger partial charge < -0.3 is 5.32 Å². The van der Waals surface area contributed by atoms with Crippen LogP contribution in [0.4, 0.5) is 15.9 Å². The molecule has 0 spiro atoms. The van der Waals surface area contributed by atoms with Crippen molar-refractivity contribution in [3.63, 3.8) is 0 Å². The van der Waals surface area contributed by atoms with Crippen LogP contribution in [0.15, 0.2) is 60.7 Å². The SMILES string of the molecule is FCCCc1ccc(-c2cc3ccc(Nc4ccc5c(c4)CCCC5)nc3s2)cc1. The molecule has 0 fully saturated rings. The Balaban J connectivity index is 1.36. The number of hydrogen-bond donors (Lipinski definition) is 1. The first kappa shape index (κ1) is 19.3. The van der Waals surface area contributed by atoms with E-state index in [2.05, 4.69) is 66.0 Å². The molecule has 0 unspecified atom stereocenters. The molecule has 0 amide bonds. The summed E-state index contributed by atoms with van der Waals surface area (Å²) in [5.41, 5.74) is 6.45. The molecule has 0 aliphatic heterocycles. The Morgan fingerprint density at radius 2 is 1.73 bits per heavy atom. The third-order valence-electron chi connectivity index (χ3n) is 5.84. The van der Waals surface area contributed by atoms with Gasteiger partial charge in [-0.25, -0.2) is 4.98 Å². The van der Waals surface area contributed by atoms with Gasteiger partial charge in [-0.15, -0.1) is 11.3 Å². The minimum atomic E-state index is -0.258. The predicted octanol–water partition coefficient (Wildman–Crippen LogP) is 7.49. The van der Waals surface area contributed by atoms with Crippen molar-refractivity contribution >= 4 is 33.1 Å². The number of fused-ring (bicyclic) bond motifs is 2. The van der Waals surface area contributed by atoms with Crippen molar-refractivity contribution in [2.24, 2.45) is 0 Å². The zero-order valence-electron chi connectivity index (χ0n) is 17.0. The van der Waals surface area contributed by atoms with Crippen molar-refractivity contribution in [1.29, 1.82) is 0 Å². The van der Waals surface area contributed by atoms with Crippen molar-refractivity contribution in [1.82, 2.24) is 4.98 Å². The van der Waals surface area contributed by atoms with Crippen LogP contribution in [0, 0.1) is 0 Å². The molecule has 4 heteroatoms. The molecule has 0 saturated carbocycles. The minimum absolute atomic E-state index is 0.258. The van der Waals surface area contributed by atoms with Crippen molar-refractivity contribution in [2.45, 2.75) is 38.5 Å². The fourth-order valence-electron chi connectivity index (χ4n) is 4.20. The van der Waals surface area contributed by atoms with E-state index in [1.807, 2.05) is 0 Å². The van der Waals surface area contributed by atoms with Crippen LogP contribution in [-0.4, -0.2) is 11.7 Å². The van der Waals surface area contributed by atoms with Crippen molar-refractivity contribution in [2.75, 3.05) is 12.0 Å². The van der Waals surface area contributed by atoms with Crippen LogP contribution < -0.4 is 5.32 Å². The number of hydrogen-bond acceptors (Lipinski definition) is 3. The molecule has 152 valence electrons. The highest BCUT2D eigenvalue weighted by Gasteiger charge is 2.11. The van der Waals surface area contributed by atoms with Crippen LogP contribution in [0.2, 0.25) is 0 Å². The molecule has 1 aliphatic carbocycles. The van der Waals surface area contributed by atoms with Crippen LogP contribution in [0.1, 0.15) is 36.0 Å². The molecule has 0 saturated heterocycles. The summed E-state index contributed by atoms with van der Waals surface area (Å²) in [4.78, 5) is 7.10. The summed E-state index contributed by atoms with van der Waals surface area (Å²) in [5, 5.41) is 4.65. The number of nitrogens with zero attached hydrogens (tertiary/aromatic N) is 1. The first-order valence-electron chi connectivity index (χ1n) is 10.7. The normalized spacial score (nSPS) is 13.4. The average molecular weight is 417 g/mol. The molecular formula is C26H25FN2S. The maximum Gasteiger partial charge on any atom is 0.132 e. The maximum absolute atomic E-state index is 12.4. The maximum atomic E-state index is 12.4. The highest BCUT2D eigenvalue weighted by molar-refractivity contribution is 7.21. The Hall–Kier alpha value is -2.72. The first-order valence-corrected chi connectivity index (χ1v) is 11.5. The van der Waals surface area contributed by atoms with Gasteiger partial charge in [-0.05, 0) is 91.1 Å². The molecule has 5 rings (SSSR count). The van der Waals surface area contributed by atoms with Crippen molar-refractivity contribution < 1.29 is 4.39 Å². The quantitative estimate of drug-likeness (QED) is 0.352. The third kappa shape index (κ3) is 4.10. The lowest BCUT2D eigenvalue weighted by atomic mass is 9.91. The monoisotopic (exact) mass is 416 g/mol. The highest BCUT2D eigenvalue weighted by Crippen LogP contribution is 2.34. The Labute approximate surface area is 180 Å². The first-order chi connectivity index (χ1) is 14.8. The lowest BCUT2D eigenvalue weighted by Crippen LogP contribution is -2.03. The molecule has 4 aromatic rings. The van der Waals surface area contributed by atoms with Gasteiger partial charge in [0.2, 0.25) is 0 Å². The van der Waals surface area contributed by atoms with E-state index >= 15 is 0 Å². The summed E-state index contributed by atoms with van der Waals surface area (Å²) >= 11 is 1.71. The summed E-state index contributed by atoms with van der Waals surface area (Å²) in [6.07, 6.45) is 6.36. The van der Waals surface area contributed by atoms with Crippen molar-refractivity contribution in [3.8, 4) is 10.4 Å². The summed E-state index contributed by atoms with van der Waals surface area (Å²) in [5.74, 6) is 0.883. The van der Waals surface area contributed by atoms with E-state index in [0.717, 1.165) is 28.1 Å². The number of halogens is 1. The van der Waals surface area contributed by atoms with Gasteiger partial charge in [0.25, 0.3) is 0 Å².